The van der Waals surface area contributed by atoms with Gasteiger partial charge >= 0.3 is 0 Å². The van der Waals surface area contributed by atoms with Crippen LogP contribution in [0.2, 0.25) is 0 Å². The number of aliphatic hydroxyl groups is 1. The normalized spacial score (nSPS) is 23.7. The summed E-state index contributed by atoms with van der Waals surface area (Å²) in [7, 11) is 3.84. The van der Waals surface area contributed by atoms with E-state index in [-0.39, 0.29) is 6.10 Å². The van der Waals surface area contributed by atoms with Gasteiger partial charge in [0.1, 0.15) is 5.82 Å². The van der Waals surface area contributed by atoms with Gasteiger partial charge in [0.2, 0.25) is 5.95 Å². The predicted octanol–water partition coefficient (Wildman–Crippen LogP) is 1.51. The van der Waals surface area contributed by atoms with Gasteiger partial charge in [-0.1, -0.05) is 12.8 Å². The van der Waals surface area contributed by atoms with Crippen LogP contribution in [0.25, 0.3) is 0 Å². The van der Waals surface area contributed by atoms with Gasteiger partial charge in [0.05, 0.1) is 6.10 Å². The molecule has 1 aliphatic carbocycles. The lowest BCUT2D eigenvalue weighted by atomic mass is 9.86. The zero-order valence-electron chi connectivity index (χ0n) is 11.1. The molecule has 0 radical (unpaired) electrons. The molecular weight excluding hydrogens is 228 g/mol. The van der Waals surface area contributed by atoms with E-state index in [2.05, 4.69) is 15.3 Å². The number of nitrogens with zero attached hydrogens (tertiary/aromatic N) is 3. The fourth-order valence-electron chi connectivity index (χ4n) is 2.32. The molecule has 0 spiro atoms. The van der Waals surface area contributed by atoms with Gasteiger partial charge in [0.25, 0.3) is 0 Å². The molecule has 1 heterocycles. The van der Waals surface area contributed by atoms with Gasteiger partial charge in [0, 0.05) is 32.8 Å². The first-order valence-corrected chi connectivity index (χ1v) is 6.59. The lowest BCUT2D eigenvalue weighted by molar-refractivity contribution is 0.0763. The second kappa shape index (κ2) is 6.00. The first-order chi connectivity index (χ1) is 8.66. The van der Waals surface area contributed by atoms with Crippen molar-refractivity contribution in [2.24, 2.45) is 5.92 Å². The Hall–Kier alpha value is -1.36. The highest BCUT2D eigenvalue weighted by atomic mass is 16.3. The Morgan fingerprint density at radius 2 is 2.17 bits per heavy atom. The van der Waals surface area contributed by atoms with E-state index in [0.29, 0.717) is 11.9 Å². The molecular formula is C13H22N4O. The van der Waals surface area contributed by atoms with Crippen LogP contribution >= 0.6 is 0 Å². The van der Waals surface area contributed by atoms with E-state index >= 15 is 0 Å². The van der Waals surface area contributed by atoms with E-state index in [1.165, 1.54) is 6.42 Å². The zero-order valence-corrected chi connectivity index (χ0v) is 11.1. The van der Waals surface area contributed by atoms with Crippen LogP contribution in [-0.4, -0.2) is 41.8 Å². The minimum Gasteiger partial charge on any atom is -0.393 e. The van der Waals surface area contributed by atoms with Gasteiger partial charge in [-0.05, 0) is 18.9 Å². The van der Waals surface area contributed by atoms with Gasteiger partial charge in [-0.15, -0.1) is 0 Å². The van der Waals surface area contributed by atoms with E-state index in [0.717, 1.165) is 31.6 Å². The van der Waals surface area contributed by atoms with Crippen molar-refractivity contribution in [1.29, 1.82) is 0 Å². The lowest BCUT2D eigenvalue weighted by Crippen LogP contribution is -2.30. The molecule has 0 amide bonds. The van der Waals surface area contributed by atoms with Crippen molar-refractivity contribution in [2.75, 3.05) is 30.9 Å². The highest BCUT2D eigenvalue weighted by Crippen LogP contribution is 2.24. The average Bonchev–Trinajstić information content (AvgIpc) is 2.38. The topological polar surface area (TPSA) is 61.3 Å². The molecule has 2 atom stereocenters. The summed E-state index contributed by atoms with van der Waals surface area (Å²) in [5.41, 5.74) is 0. The summed E-state index contributed by atoms with van der Waals surface area (Å²) in [6, 6.07) is 1.86. The highest BCUT2D eigenvalue weighted by Gasteiger charge is 2.22. The van der Waals surface area contributed by atoms with Gasteiger partial charge < -0.3 is 15.3 Å². The molecule has 2 rings (SSSR count). The summed E-state index contributed by atoms with van der Waals surface area (Å²) >= 11 is 0. The van der Waals surface area contributed by atoms with E-state index in [1.807, 2.05) is 25.1 Å². The average molecular weight is 250 g/mol. The third kappa shape index (κ3) is 3.32. The van der Waals surface area contributed by atoms with E-state index in [4.69, 9.17) is 0 Å². The third-order valence-electron chi connectivity index (χ3n) is 3.46. The smallest absolute Gasteiger partial charge is 0.226 e. The summed E-state index contributed by atoms with van der Waals surface area (Å²) in [4.78, 5) is 10.5. The van der Waals surface area contributed by atoms with Crippen LogP contribution in [0.5, 0.6) is 0 Å². The second-order valence-corrected chi connectivity index (χ2v) is 5.13. The Morgan fingerprint density at radius 1 is 1.39 bits per heavy atom. The van der Waals surface area contributed by atoms with Gasteiger partial charge in [-0.25, -0.2) is 4.98 Å². The monoisotopic (exact) mass is 250 g/mol. The van der Waals surface area contributed by atoms with Crippen molar-refractivity contribution in [3.05, 3.63) is 12.3 Å². The molecule has 2 unspecified atom stereocenters. The predicted molar refractivity (Wildman–Crippen MR) is 72.8 cm³/mol. The maximum atomic E-state index is 9.91. The van der Waals surface area contributed by atoms with Crippen LogP contribution in [-0.2, 0) is 0 Å². The maximum absolute atomic E-state index is 9.91. The lowest BCUT2D eigenvalue weighted by Gasteiger charge is -2.27. The fraction of sp³-hybridized carbons (Fsp3) is 0.692. The van der Waals surface area contributed by atoms with Crippen molar-refractivity contribution in [2.45, 2.75) is 31.8 Å². The molecule has 5 heteroatoms. The maximum Gasteiger partial charge on any atom is 0.226 e. The molecule has 5 nitrogen and oxygen atoms in total. The van der Waals surface area contributed by atoms with Crippen LogP contribution in [0.15, 0.2) is 12.3 Å². The number of hydrogen-bond acceptors (Lipinski definition) is 5. The molecule has 100 valence electrons. The Bertz CT molecular complexity index is 383. The van der Waals surface area contributed by atoms with Crippen molar-refractivity contribution in [3.63, 3.8) is 0 Å². The van der Waals surface area contributed by atoms with E-state index in [1.54, 1.807) is 6.20 Å². The van der Waals surface area contributed by atoms with Gasteiger partial charge in [0.15, 0.2) is 0 Å². The van der Waals surface area contributed by atoms with Crippen molar-refractivity contribution in [3.8, 4) is 0 Å². The van der Waals surface area contributed by atoms with E-state index < -0.39 is 0 Å². The van der Waals surface area contributed by atoms with Crippen molar-refractivity contribution in [1.82, 2.24) is 9.97 Å². The molecule has 1 aromatic rings. The first kappa shape index (κ1) is 13.1. The molecule has 1 saturated carbocycles. The molecule has 0 aromatic carbocycles. The largest absolute Gasteiger partial charge is 0.393 e. The SMILES string of the molecule is CN(C)c1nccc(NCC2CCCCC2O)n1. The molecule has 0 bridgehead atoms. The van der Waals surface area contributed by atoms with Gasteiger partial charge in [-0.3, -0.25) is 0 Å². The molecule has 2 N–H and O–H groups in total. The quantitative estimate of drug-likeness (QED) is 0.848. The summed E-state index contributed by atoms with van der Waals surface area (Å²) in [6.07, 6.45) is 5.98. The Balaban J connectivity index is 1.91. The minimum atomic E-state index is -0.165. The first-order valence-electron chi connectivity index (χ1n) is 6.59. The number of aliphatic hydroxyl groups excluding tert-OH is 1. The molecule has 1 aliphatic rings. The van der Waals surface area contributed by atoms with Crippen LogP contribution in [0, 0.1) is 5.92 Å². The molecule has 1 fully saturated rings. The fourth-order valence-corrected chi connectivity index (χ4v) is 2.32. The molecule has 0 saturated heterocycles. The molecule has 1 aromatic heterocycles. The number of anilines is 2. The van der Waals surface area contributed by atoms with Crippen LogP contribution in [0.1, 0.15) is 25.7 Å². The Morgan fingerprint density at radius 3 is 2.89 bits per heavy atom. The number of hydrogen-bond donors (Lipinski definition) is 2. The number of rotatable bonds is 4. The molecule has 18 heavy (non-hydrogen) atoms. The highest BCUT2D eigenvalue weighted by molar-refractivity contribution is 5.40. The summed E-state index contributed by atoms with van der Waals surface area (Å²) in [6.45, 7) is 0.783. The van der Waals surface area contributed by atoms with Crippen LogP contribution < -0.4 is 10.2 Å². The summed E-state index contributed by atoms with van der Waals surface area (Å²) < 4.78 is 0. The van der Waals surface area contributed by atoms with Gasteiger partial charge in [-0.2, -0.15) is 4.98 Å². The van der Waals surface area contributed by atoms with E-state index in [9.17, 15) is 5.11 Å². The van der Waals surface area contributed by atoms with Crippen molar-refractivity contribution < 1.29 is 5.11 Å². The summed E-state index contributed by atoms with van der Waals surface area (Å²) in [5.74, 6) is 1.87. The number of nitrogens with one attached hydrogen (secondary N) is 1. The van der Waals surface area contributed by atoms with Crippen molar-refractivity contribution >= 4 is 11.8 Å². The standard InChI is InChI=1S/C13H22N4O/c1-17(2)13-14-8-7-12(16-13)15-9-10-5-3-4-6-11(10)18/h7-8,10-11,18H,3-6,9H2,1-2H3,(H,14,15,16). The summed E-state index contributed by atoms with van der Waals surface area (Å²) in [5, 5.41) is 13.2. The number of aromatic nitrogens is 2. The Labute approximate surface area is 108 Å². The Kier molecular flexibility index (Phi) is 4.36. The van der Waals surface area contributed by atoms with Crippen LogP contribution in [0.3, 0.4) is 0 Å². The molecule has 0 aliphatic heterocycles. The second-order valence-electron chi connectivity index (χ2n) is 5.13. The minimum absolute atomic E-state index is 0.165. The zero-order chi connectivity index (χ0) is 13.0. The van der Waals surface area contributed by atoms with Crippen LogP contribution in [0.4, 0.5) is 11.8 Å². The third-order valence-corrected chi connectivity index (χ3v) is 3.46.